The van der Waals surface area contributed by atoms with Gasteiger partial charge in [-0.3, -0.25) is 4.40 Å². The van der Waals surface area contributed by atoms with Crippen molar-refractivity contribution >= 4 is 28.1 Å². The van der Waals surface area contributed by atoms with Gasteiger partial charge in [-0.25, -0.2) is 0 Å². The molecule has 5 aromatic rings. The van der Waals surface area contributed by atoms with E-state index in [4.69, 9.17) is 9.47 Å². The lowest BCUT2D eigenvalue weighted by Crippen LogP contribution is -1.93. The van der Waals surface area contributed by atoms with E-state index in [1.165, 1.54) is 11.1 Å². The molecule has 0 amide bonds. The molecule has 0 fully saturated rings. The molecule has 0 saturated carbocycles. The summed E-state index contributed by atoms with van der Waals surface area (Å²) in [6.07, 6.45) is 0. The van der Waals surface area contributed by atoms with Crippen molar-refractivity contribution in [1.29, 1.82) is 0 Å². The first-order valence-electron chi connectivity index (χ1n) is 9.85. The Bertz CT molecular complexity index is 1380. The maximum absolute atomic E-state index is 5.50. The Morgan fingerprint density at radius 2 is 1.68 bits per heavy atom. The average Bonchev–Trinajstić information content (AvgIpc) is 3.55. The lowest BCUT2D eigenvalue weighted by atomic mass is 10.0. The first kappa shape index (κ1) is 18.5. The summed E-state index contributed by atoms with van der Waals surface area (Å²) in [5, 5.41) is 11.9. The molecule has 31 heavy (non-hydrogen) atoms. The van der Waals surface area contributed by atoms with Crippen LogP contribution in [0.1, 0.15) is 5.56 Å². The number of rotatable bonds is 5. The molecule has 152 valence electrons. The van der Waals surface area contributed by atoms with Gasteiger partial charge in [0.05, 0.1) is 5.69 Å². The van der Waals surface area contributed by atoms with E-state index in [-0.39, 0.29) is 6.79 Å². The fourth-order valence-corrected chi connectivity index (χ4v) is 5.44. The Morgan fingerprint density at radius 1 is 0.839 bits per heavy atom. The topological polar surface area (TPSA) is 48.7 Å². The number of fused-ring (bicyclic) bond motifs is 2. The van der Waals surface area contributed by atoms with E-state index < -0.39 is 0 Å². The molecule has 3 heterocycles. The summed E-state index contributed by atoms with van der Waals surface area (Å²) in [5.74, 6) is 2.38. The first-order valence-corrected chi connectivity index (χ1v) is 11.7. The summed E-state index contributed by atoms with van der Waals surface area (Å²) in [6, 6.07) is 25.1. The number of nitrogens with zero attached hydrogens (tertiary/aromatic N) is 3. The van der Waals surface area contributed by atoms with Gasteiger partial charge >= 0.3 is 0 Å². The van der Waals surface area contributed by atoms with Gasteiger partial charge in [-0.1, -0.05) is 66.4 Å². The number of hydrogen-bond donors (Lipinski definition) is 0. The van der Waals surface area contributed by atoms with Crippen molar-refractivity contribution in [3.8, 4) is 33.9 Å². The molecule has 0 saturated heterocycles. The second kappa shape index (κ2) is 7.76. The van der Waals surface area contributed by atoms with Gasteiger partial charge in [0.2, 0.25) is 11.8 Å². The number of benzene rings is 3. The van der Waals surface area contributed by atoms with Gasteiger partial charge in [-0.05, 0) is 34.9 Å². The predicted octanol–water partition coefficient (Wildman–Crippen LogP) is 6.15. The van der Waals surface area contributed by atoms with Crippen LogP contribution < -0.4 is 9.47 Å². The molecule has 0 radical (unpaired) electrons. The minimum atomic E-state index is 0.289. The molecule has 0 bridgehead atoms. The lowest BCUT2D eigenvalue weighted by molar-refractivity contribution is 0.174. The summed E-state index contributed by atoms with van der Waals surface area (Å²) >= 11 is 3.28. The third kappa shape index (κ3) is 3.45. The van der Waals surface area contributed by atoms with Crippen molar-refractivity contribution in [3.05, 3.63) is 83.7 Å². The zero-order valence-electron chi connectivity index (χ0n) is 16.4. The third-order valence-electron chi connectivity index (χ3n) is 5.19. The van der Waals surface area contributed by atoms with E-state index >= 15 is 0 Å². The van der Waals surface area contributed by atoms with Crippen LogP contribution in [0, 0.1) is 0 Å². The van der Waals surface area contributed by atoms with Crippen LogP contribution >= 0.6 is 23.1 Å². The Hall–Kier alpha value is -3.29. The van der Waals surface area contributed by atoms with E-state index in [1.807, 2.05) is 18.2 Å². The third-order valence-corrected chi connectivity index (χ3v) is 7.01. The highest BCUT2D eigenvalue weighted by Crippen LogP contribution is 2.36. The second-order valence-electron chi connectivity index (χ2n) is 7.14. The summed E-state index contributed by atoms with van der Waals surface area (Å²) in [4.78, 5) is 0.897. The van der Waals surface area contributed by atoms with Crippen molar-refractivity contribution in [1.82, 2.24) is 14.6 Å². The van der Waals surface area contributed by atoms with Crippen LogP contribution in [-0.4, -0.2) is 21.4 Å². The van der Waals surface area contributed by atoms with Gasteiger partial charge < -0.3 is 9.47 Å². The molecule has 0 N–H and O–H groups in total. The van der Waals surface area contributed by atoms with Crippen LogP contribution in [0.3, 0.4) is 0 Å². The van der Waals surface area contributed by atoms with Crippen molar-refractivity contribution in [2.75, 3.05) is 6.79 Å². The SMILES string of the molecule is c1ccc(-c2cccc(-c3csc4nnc(SCc5ccc6c(c5)OCO6)n34)c2)cc1. The average molecular weight is 444 g/mol. The van der Waals surface area contributed by atoms with Crippen molar-refractivity contribution < 1.29 is 9.47 Å². The maximum Gasteiger partial charge on any atom is 0.231 e. The molecule has 3 aromatic carbocycles. The highest BCUT2D eigenvalue weighted by molar-refractivity contribution is 7.98. The normalized spacial score (nSPS) is 12.5. The van der Waals surface area contributed by atoms with Crippen LogP contribution in [0.15, 0.2) is 83.3 Å². The van der Waals surface area contributed by atoms with E-state index in [0.717, 1.165) is 44.2 Å². The molecule has 2 aromatic heterocycles. The number of hydrogen-bond acceptors (Lipinski definition) is 6. The fraction of sp³-hybridized carbons (Fsp3) is 0.0833. The Kier molecular flexibility index (Phi) is 4.62. The molecule has 6 rings (SSSR count). The van der Waals surface area contributed by atoms with Gasteiger partial charge in [0, 0.05) is 16.7 Å². The summed E-state index contributed by atoms with van der Waals surface area (Å²) < 4.78 is 13.0. The fourth-order valence-electron chi connectivity index (χ4n) is 3.66. The molecule has 1 aliphatic heterocycles. The van der Waals surface area contributed by atoms with Crippen molar-refractivity contribution in [2.45, 2.75) is 10.9 Å². The summed E-state index contributed by atoms with van der Waals surface area (Å²) in [7, 11) is 0. The monoisotopic (exact) mass is 443 g/mol. The number of aromatic nitrogens is 3. The van der Waals surface area contributed by atoms with Crippen LogP contribution in [0.2, 0.25) is 0 Å². The van der Waals surface area contributed by atoms with Crippen molar-refractivity contribution in [2.24, 2.45) is 0 Å². The first-order chi connectivity index (χ1) is 15.3. The molecule has 0 aliphatic carbocycles. The van der Waals surface area contributed by atoms with Gasteiger partial charge in [0.1, 0.15) is 0 Å². The zero-order valence-corrected chi connectivity index (χ0v) is 18.0. The molecule has 0 unspecified atom stereocenters. The molecule has 5 nitrogen and oxygen atoms in total. The zero-order chi connectivity index (χ0) is 20.6. The van der Waals surface area contributed by atoms with E-state index in [0.29, 0.717) is 0 Å². The van der Waals surface area contributed by atoms with Gasteiger partial charge in [-0.15, -0.1) is 21.5 Å². The highest BCUT2D eigenvalue weighted by atomic mass is 32.2. The van der Waals surface area contributed by atoms with Crippen LogP contribution in [-0.2, 0) is 5.75 Å². The summed E-state index contributed by atoms with van der Waals surface area (Å²) in [5.41, 5.74) is 5.82. The predicted molar refractivity (Wildman–Crippen MR) is 124 cm³/mol. The number of thioether (sulfide) groups is 1. The smallest absolute Gasteiger partial charge is 0.231 e. The van der Waals surface area contributed by atoms with Gasteiger partial charge in [0.25, 0.3) is 0 Å². The number of thiazole rings is 1. The lowest BCUT2D eigenvalue weighted by Gasteiger charge is -2.07. The van der Waals surface area contributed by atoms with E-state index in [1.54, 1.807) is 23.1 Å². The molecule has 7 heteroatoms. The Labute approximate surface area is 187 Å². The molecular formula is C24H17N3O2S2. The van der Waals surface area contributed by atoms with Gasteiger partial charge in [0.15, 0.2) is 16.7 Å². The van der Waals surface area contributed by atoms with E-state index in [2.05, 4.69) is 74.6 Å². The molecule has 0 spiro atoms. The quantitative estimate of drug-likeness (QED) is 0.305. The maximum atomic E-state index is 5.50. The van der Waals surface area contributed by atoms with Crippen LogP contribution in [0.25, 0.3) is 27.3 Å². The van der Waals surface area contributed by atoms with E-state index in [9.17, 15) is 0 Å². The Morgan fingerprint density at radius 3 is 2.61 bits per heavy atom. The highest BCUT2D eigenvalue weighted by Gasteiger charge is 2.16. The molecule has 1 aliphatic rings. The minimum Gasteiger partial charge on any atom is -0.454 e. The second-order valence-corrected chi connectivity index (χ2v) is 8.92. The van der Waals surface area contributed by atoms with Crippen LogP contribution in [0.5, 0.6) is 11.5 Å². The molecule has 0 atom stereocenters. The largest absolute Gasteiger partial charge is 0.454 e. The van der Waals surface area contributed by atoms with Gasteiger partial charge in [-0.2, -0.15) is 0 Å². The minimum absolute atomic E-state index is 0.289. The standard InChI is InChI=1S/C24H17N3O2S2/c1-2-5-17(6-3-1)18-7-4-8-19(12-18)20-14-31-24-26-25-23(27(20)24)30-13-16-9-10-21-22(11-16)29-15-28-21/h1-12,14H,13,15H2. The molecular weight excluding hydrogens is 426 g/mol. The summed E-state index contributed by atoms with van der Waals surface area (Å²) in [6.45, 7) is 0.289. The number of ether oxygens (including phenoxy) is 2. The van der Waals surface area contributed by atoms with Crippen molar-refractivity contribution in [3.63, 3.8) is 0 Å². The van der Waals surface area contributed by atoms with Crippen LogP contribution in [0.4, 0.5) is 0 Å². The Balaban J connectivity index is 1.32.